The van der Waals surface area contributed by atoms with E-state index in [-0.39, 0.29) is 47.9 Å². The van der Waals surface area contributed by atoms with Gasteiger partial charge in [0.2, 0.25) is 16.7 Å². The van der Waals surface area contributed by atoms with Gasteiger partial charge in [0, 0.05) is 23.0 Å². The lowest BCUT2D eigenvalue weighted by molar-refractivity contribution is -0.150. The SMILES string of the molecule is CCO/N=C(/C(=O)NC1C(=O)N2C(C(=O)O)=C(CSc3nnnn3CCO)CSC12)c1nsc(N)n1. The van der Waals surface area contributed by atoms with E-state index in [1.54, 1.807) is 6.92 Å². The number of oxime groups is 1. The number of β-lactam (4-membered cyclic amide) rings is 1. The van der Waals surface area contributed by atoms with Gasteiger partial charge in [0.05, 0.1) is 13.2 Å². The summed E-state index contributed by atoms with van der Waals surface area (Å²) in [6.07, 6.45) is 0. The number of carbonyl (C=O) groups is 3. The summed E-state index contributed by atoms with van der Waals surface area (Å²) in [6.45, 7) is 1.90. The molecule has 2 amide bonds. The predicted molar refractivity (Wildman–Crippen MR) is 128 cm³/mol. The molecule has 1 saturated heterocycles. The van der Waals surface area contributed by atoms with E-state index in [9.17, 15) is 19.5 Å². The van der Waals surface area contributed by atoms with Crippen molar-refractivity contribution in [2.24, 2.45) is 5.16 Å². The van der Waals surface area contributed by atoms with Crippen LogP contribution in [0.1, 0.15) is 12.7 Å². The third-order valence-corrected chi connectivity index (χ3v) is 7.80. The van der Waals surface area contributed by atoms with Gasteiger partial charge in [-0.25, -0.2) is 9.48 Å². The molecule has 0 aromatic carbocycles. The van der Waals surface area contributed by atoms with Crippen LogP contribution >= 0.6 is 35.1 Å². The number of nitrogens with two attached hydrogens (primary N) is 1. The first kappa shape index (κ1) is 25.8. The molecule has 0 saturated carbocycles. The number of anilines is 1. The zero-order valence-corrected chi connectivity index (χ0v) is 21.0. The number of aliphatic hydroxyl groups excluding tert-OH is 1. The Balaban J connectivity index is 1.48. The third-order valence-electron chi connectivity index (χ3n) is 4.88. The maximum atomic E-state index is 13.0. The first-order chi connectivity index (χ1) is 17.3. The molecular formula is C17H20N10O6S3. The first-order valence-electron chi connectivity index (χ1n) is 10.4. The summed E-state index contributed by atoms with van der Waals surface area (Å²) >= 11 is 3.38. The van der Waals surface area contributed by atoms with Gasteiger partial charge < -0.3 is 26.1 Å². The van der Waals surface area contributed by atoms with Crippen LogP contribution in [0.3, 0.4) is 0 Å². The van der Waals surface area contributed by atoms with Crippen LogP contribution in [0.15, 0.2) is 21.6 Å². The van der Waals surface area contributed by atoms with Crippen molar-refractivity contribution >= 4 is 63.7 Å². The first-order valence-corrected chi connectivity index (χ1v) is 13.2. The van der Waals surface area contributed by atoms with Crippen molar-refractivity contribution in [1.82, 2.24) is 39.8 Å². The van der Waals surface area contributed by atoms with E-state index in [0.29, 0.717) is 16.5 Å². The number of carboxylic acids is 1. The summed E-state index contributed by atoms with van der Waals surface area (Å²) < 4.78 is 5.36. The molecular weight excluding hydrogens is 536 g/mol. The van der Waals surface area contributed by atoms with Gasteiger partial charge in [0.15, 0.2) is 5.13 Å². The fourth-order valence-electron chi connectivity index (χ4n) is 3.33. The van der Waals surface area contributed by atoms with Crippen LogP contribution in [0, 0.1) is 0 Å². The quantitative estimate of drug-likeness (QED) is 0.106. The molecule has 5 N–H and O–H groups in total. The van der Waals surface area contributed by atoms with Crippen LogP contribution < -0.4 is 11.1 Å². The molecule has 2 aromatic rings. The topological polar surface area (TPSA) is 224 Å². The van der Waals surface area contributed by atoms with Crippen molar-refractivity contribution in [3.63, 3.8) is 0 Å². The molecule has 2 atom stereocenters. The normalized spacial score (nSPS) is 19.7. The van der Waals surface area contributed by atoms with Crippen molar-refractivity contribution in [1.29, 1.82) is 0 Å². The fourth-order valence-corrected chi connectivity index (χ4v) is 6.16. The zero-order chi connectivity index (χ0) is 25.8. The van der Waals surface area contributed by atoms with E-state index in [2.05, 4.69) is 35.4 Å². The van der Waals surface area contributed by atoms with Crippen molar-refractivity contribution in [3.8, 4) is 0 Å². The number of aliphatic hydroxyl groups is 1. The average molecular weight is 557 g/mol. The van der Waals surface area contributed by atoms with Crippen molar-refractivity contribution in [2.45, 2.75) is 30.0 Å². The molecule has 16 nitrogen and oxygen atoms in total. The molecule has 1 fully saturated rings. The van der Waals surface area contributed by atoms with Crippen LogP contribution in [0.5, 0.6) is 0 Å². The monoisotopic (exact) mass is 556 g/mol. The number of hydrogen-bond acceptors (Lipinski definition) is 15. The number of carbonyl (C=O) groups excluding carboxylic acids is 2. The highest BCUT2D eigenvalue weighted by atomic mass is 32.2. The van der Waals surface area contributed by atoms with Gasteiger partial charge in [0.25, 0.3) is 11.8 Å². The summed E-state index contributed by atoms with van der Waals surface area (Å²) in [7, 11) is 0. The van der Waals surface area contributed by atoms with Gasteiger partial charge in [-0.15, -0.1) is 16.9 Å². The highest BCUT2D eigenvalue weighted by Crippen LogP contribution is 2.41. The van der Waals surface area contributed by atoms with Crippen LogP contribution in [0.25, 0.3) is 0 Å². The summed E-state index contributed by atoms with van der Waals surface area (Å²) in [6, 6.07) is -0.981. The second kappa shape index (κ2) is 11.2. The number of thioether (sulfide) groups is 2. The lowest BCUT2D eigenvalue weighted by Crippen LogP contribution is -2.71. The molecule has 0 aliphatic carbocycles. The highest BCUT2D eigenvalue weighted by Gasteiger charge is 2.54. The Hall–Kier alpha value is -3.29. The van der Waals surface area contributed by atoms with E-state index in [1.807, 2.05) is 0 Å². The Morgan fingerprint density at radius 1 is 1.42 bits per heavy atom. The fraction of sp³-hybridized carbons (Fsp3) is 0.471. The standard InChI is InChI=1S/C17H20N10O6S3/c1-2-33-22-8(11-20-16(18)36-23-11)12(29)19-9-13(30)27-10(15(31)32)7(5-34-14(9)27)6-35-17-21-24-25-26(17)3-4-28/h9,14,28H,2-6H2,1H3,(H,19,29)(H,31,32)(H2,18,20,23)/b22-8+. The molecule has 2 unspecified atom stereocenters. The van der Waals surface area contributed by atoms with E-state index >= 15 is 0 Å². The Bertz CT molecular complexity index is 1230. The summed E-state index contributed by atoms with van der Waals surface area (Å²) in [5.41, 5.74) is 5.72. The Morgan fingerprint density at radius 2 is 2.22 bits per heavy atom. The molecule has 2 aliphatic heterocycles. The lowest BCUT2D eigenvalue weighted by Gasteiger charge is -2.49. The number of rotatable bonds is 11. The molecule has 19 heteroatoms. The van der Waals surface area contributed by atoms with E-state index in [4.69, 9.17) is 15.7 Å². The Labute approximate surface area is 215 Å². The average Bonchev–Trinajstić information content (AvgIpc) is 3.49. The Morgan fingerprint density at radius 3 is 2.89 bits per heavy atom. The highest BCUT2D eigenvalue weighted by molar-refractivity contribution is 8.01. The minimum absolute atomic E-state index is 0.0441. The number of carboxylic acid groups (broad SMARTS) is 1. The van der Waals surface area contributed by atoms with Gasteiger partial charge in [0.1, 0.15) is 23.7 Å². The van der Waals surface area contributed by atoms with Gasteiger partial charge in [-0.3, -0.25) is 14.5 Å². The second-order valence-corrected chi connectivity index (χ2v) is 9.96. The minimum atomic E-state index is -1.26. The zero-order valence-electron chi connectivity index (χ0n) is 18.6. The molecule has 36 heavy (non-hydrogen) atoms. The van der Waals surface area contributed by atoms with Crippen molar-refractivity contribution in [3.05, 3.63) is 17.1 Å². The smallest absolute Gasteiger partial charge is 0.352 e. The molecule has 2 aliphatic rings. The maximum absolute atomic E-state index is 13.0. The maximum Gasteiger partial charge on any atom is 0.352 e. The molecule has 0 bridgehead atoms. The largest absolute Gasteiger partial charge is 0.477 e. The molecule has 4 heterocycles. The third kappa shape index (κ3) is 5.13. The van der Waals surface area contributed by atoms with Crippen LogP contribution in [-0.4, -0.2) is 104 Å². The van der Waals surface area contributed by atoms with Crippen LogP contribution in [0.4, 0.5) is 5.13 Å². The van der Waals surface area contributed by atoms with Crippen molar-refractivity contribution < 1.29 is 29.4 Å². The molecule has 0 spiro atoms. The van der Waals surface area contributed by atoms with Crippen LogP contribution in [-0.2, 0) is 25.8 Å². The number of aliphatic carboxylic acids is 1. The van der Waals surface area contributed by atoms with Gasteiger partial charge in [-0.2, -0.15) is 9.36 Å². The summed E-state index contributed by atoms with van der Waals surface area (Å²) in [4.78, 5) is 48.0. The Kier molecular flexibility index (Phi) is 8.01. The van der Waals surface area contributed by atoms with Crippen LogP contribution in [0.2, 0.25) is 0 Å². The number of amides is 2. The van der Waals surface area contributed by atoms with E-state index in [0.717, 1.165) is 16.4 Å². The molecule has 192 valence electrons. The number of nitrogen functional groups attached to an aromatic ring is 1. The molecule has 0 radical (unpaired) electrons. The molecule has 4 rings (SSSR count). The predicted octanol–water partition coefficient (Wildman–Crippen LogP) is -1.63. The van der Waals surface area contributed by atoms with Crippen molar-refractivity contribution in [2.75, 3.05) is 30.5 Å². The van der Waals surface area contributed by atoms with Gasteiger partial charge in [-0.1, -0.05) is 16.9 Å². The number of nitrogens with one attached hydrogen (secondary N) is 1. The summed E-state index contributed by atoms with van der Waals surface area (Å²) in [5.74, 6) is -2.11. The summed E-state index contributed by atoms with van der Waals surface area (Å²) in [5, 5.41) is 36.4. The second-order valence-electron chi connectivity index (χ2n) is 7.13. The molecule has 2 aromatic heterocycles. The van der Waals surface area contributed by atoms with E-state index < -0.39 is 29.2 Å². The van der Waals surface area contributed by atoms with Gasteiger partial charge >= 0.3 is 5.97 Å². The number of tetrazole rings is 1. The van der Waals surface area contributed by atoms with Gasteiger partial charge in [-0.05, 0) is 22.9 Å². The number of nitrogens with zero attached hydrogens (tertiary/aromatic N) is 8. The number of aromatic nitrogens is 6. The lowest BCUT2D eigenvalue weighted by atomic mass is 10.0. The number of hydrogen-bond donors (Lipinski definition) is 4. The minimum Gasteiger partial charge on any atom is -0.477 e. The number of fused-ring (bicyclic) bond motifs is 1. The van der Waals surface area contributed by atoms with E-state index in [1.165, 1.54) is 28.2 Å².